The Bertz CT molecular complexity index is 777. The molecule has 0 aliphatic carbocycles. The molecular formula is C18H21ClN4O2. The van der Waals surface area contributed by atoms with Gasteiger partial charge in [0.05, 0.1) is 18.9 Å². The number of benzene rings is 1. The van der Waals surface area contributed by atoms with Gasteiger partial charge in [-0.3, -0.25) is 9.48 Å². The first-order valence-corrected chi connectivity index (χ1v) is 8.53. The zero-order chi connectivity index (χ0) is 17.8. The highest BCUT2D eigenvalue weighted by Crippen LogP contribution is 2.21. The molecule has 7 heteroatoms. The quantitative estimate of drug-likeness (QED) is 0.852. The molecule has 0 bridgehead atoms. The lowest BCUT2D eigenvalue weighted by Crippen LogP contribution is -2.36. The first-order chi connectivity index (χ1) is 12.0. The van der Waals surface area contributed by atoms with Crippen LogP contribution in [0.2, 0.25) is 5.15 Å². The molecule has 0 radical (unpaired) electrons. The summed E-state index contributed by atoms with van der Waals surface area (Å²) < 4.78 is 6.94. The van der Waals surface area contributed by atoms with Gasteiger partial charge in [-0.25, -0.2) is 0 Å². The number of rotatable bonds is 4. The molecular weight excluding hydrogens is 340 g/mol. The number of anilines is 2. The van der Waals surface area contributed by atoms with E-state index in [0.717, 1.165) is 48.9 Å². The van der Waals surface area contributed by atoms with Crippen LogP contribution in [0.1, 0.15) is 11.3 Å². The van der Waals surface area contributed by atoms with E-state index in [4.69, 9.17) is 16.3 Å². The van der Waals surface area contributed by atoms with Crippen LogP contribution in [0.3, 0.4) is 0 Å². The maximum Gasteiger partial charge on any atom is 0.248 e. The maximum absolute atomic E-state index is 12.1. The summed E-state index contributed by atoms with van der Waals surface area (Å²) in [6.07, 6.45) is 3.15. The monoisotopic (exact) mass is 360 g/mol. The Morgan fingerprint density at radius 3 is 2.56 bits per heavy atom. The summed E-state index contributed by atoms with van der Waals surface area (Å²) in [7, 11) is 1.77. The number of hydrogen-bond acceptors (Lipinski definition) is 4. The van der Waals surface area contributed by atoms with Crippen LogP contribution in [0, 0.1) is 6.92 Å². The largest absolute Gasteiger partial charge is 0.378 e. The summed E-state index contributed by atoms with van der Waals surface area (Å²) in [4.78, 5) is 14.4. The van der Waals surface area contributed by atoms with E-state index in [1.165, 1.54) is 6.08 Å². The molecule has 0 atom stereocenters. The van der Waals surface area contributed by atoms with Gasteiger partial charge in [0.25, 0.3) is 0 Å². The SMILES string of the molecule is Cc1nn(C)c(Cl)c1/C=C/C(=O)Nc1ccc(N2CCOCC2)cc1. The molecule has 25 heavy (non-hydrogen) atoms. The van der Waals surface area contributed by atoms with Gasteiger partial charge in [-0.05, 0) is 37.3 Å². The molecule has 1 N–H and O–H groups in total. The number of nitrogens with zero attached hydrogens (tertiary/aromatic N) is 3. The molecule has 0 spiro atoms. The van der Waals surface area contributed by atoms with Gasteiger partial charge in [-0.1, -0.05) is 11.6 Å². The lowest BCUT2D eigenvalue weighted by molar-refractivity contribution is -0.111. The molecule has 1 saturated heterocycles. The Morgan fingerprint density at radius 1 is 1.28 bits per heavy atom. The Balaban J connectivity index is 1.61. The molecule has 1 fully saturated rings. The summed E-state index contributed by atoms with van der Waals surface area (Å²) in [5.74, 6) is -0.210. The van der Waals surface area contributed by atoms with Crippen molar-refractivity contribution < 1.29 is 9.53 Å². The lowest BCUT2D eigenvalue weighted by Gasteiger charge is -2.28. The third-order valence-corrected chi connectivity index (χ3v) is 4.56. The highest BCUT2D eigenvalue weighted by molar-refractivity contribution is 6.31. The minimum Gasteiger partial charge on any atom is -0.378 e. The summed E-state index contributed by atoms with van der Waals surface area (Å²) in [5.41, 5.74) is 3.42. The van der Waals surface area contributed by atoms with Crippen molar-refractivity contribution in [2.75, 3.05) is 36.5 Å². The van der Waals surface area contributed by atoms with Gasteiger partial charge in [0.1, 0.15) is 5.15 Å². The normalized spacial score (nSPS) is 14.9. The van der Waals surface area contributed by atoms with Crippen molar-refractivity contribution in [2.45, 2.75) is 6.92 Å². The van der Waals surface area contributed by atoms with Crippen LogP contribution in [-0.2, 0) is 16.6 Å². The summed E-state index contributed by atoms with van der Waals surface area (Å²) in [6, 6.07) is 7.82. The maximum atomic E-state index is 12.1. The van der Waals surface area contributed by atoms with E-state index in [1.807, 2.05) is 31.2 Å². The van der Waals surface area contributed by atoms with Crippen molar-refractivity contribution in [3.63, 3.8) is 0 Å². The predicted octanol–water partition coefficient (Wildman–Crippen LogP) is 2.87. The van der Waals surface area contributed by atoms with Gasteiger partial charge in [0.15, 0.2) is 0 Å². The number of ether oxygens (including phenoxy) is 1. The van der Waals surface area contributed by atoms with Crippen molar-refractivity contribution in [2.24, 2.45) is 7.05 Å². The van der Waals surface area contributed by atoms with E-state index in [2.05, 4.69) is 15.3 Å². The number of carbonyl (C=O) groups excluding carboxylic acids is 1. The van der Waals surface area contributed by atoms with E-state index < -0.39 is 0 Å². The predicted molar refractivity (Wildman–Crippen MR) is 100 cm³/mol. The van der Waals surface area contributed by atoms with Gasteiger partial charge in [0, 0.05) is 43.2 Å². The number of aryl methyl sites for hydroxylation is 2. The molecule has 132 valence electrons. The van der Waals surface area contributed by atoms with Gasteiger partial charge in [-0.15, -0.1) is 0 Å². The number of nitrogens with one attached hydrogen (secondary N) is 1. The summed E-state index contributed by atoms with van der Waals surface area (Å²) in [6.45, 7) is 5.13. The van der Waals surface area contributed by atoms with Crippen LogP contribution < -0.4 is 10.2 Å². The Labute approximate surface area is 152 Å². The van der Waals surface area contributed by atoms with Crippen molar-refractivity contribution in [1.29, 1.82) is 0 Å². The number of hydrogen-bond donors (Lipinski definition) is 1. The fourth-order valence-electron chi connectivity index (χ4n) is 2.76. The minimum atomic E-state index is -0.210. The van der Waals surface area contributed by atoms with Gasteiger partial charge >= 0.3 is 0 Å². The Morgan fingerprint density at radius 2 is 1.96 bits per heavy atom. The number of carbonyl (C=O) groups is 1. The third kappa shape index (κ3) is 4.21. The number of aromatic nitrogens is 2. The molecule has 1 aromatic heterocycles. The van der Waals surface area contributed by atoms with Gasteiger partial charge < -0.3 is 15.0 Å². The van der Waals surface area contributed by atoms with E-state index in [1.54, 1.807) is 17.8 Å². The van der Waals surface area contributed by atoms with Crippen molar-refractivity contribution in [3.8, 4) is 0 Å². The lowest BCUT2D eigenvalue weighted by atomic mass is 10.2. The number of halogens is 1. The van der Waals surface area contributed by atoms with Crippen molar-refractivity contribution in [3.05, 3.63) is 46.8 Å². The second kappa shape index (κ2) is 7.72. The van der Waals surface area contributed by atoms with Crippen LogP contribution in [0.4, 0.5) is 11.4 Å². The highest BCUT2D eigenvalue weighted by Gasteiger charge is 2.11. The van der Waals surface area contributed by atoms with Crippen LogP contribution >= 0.6 is 11.6 Å². The van der Waals surface area contributed by atoms with Crippen LogP contribution in [0.15, 0.2) is 30.3 Å². The second-order valence-corrected chi connectivity index (χ2v) is 6.24. The number of morpholine rings is 1. The second-order valence-electron chi connectivity index (χ2n) is 5.88. The third-order valence-electron chi connectivity index (χ3n) is 4.11. The zero-order valence-corrected chi connectivity index (χ0v) is 15.1. The fourth-order valence-corrected chi connectivity index (χ4v) is 2.99. The van der Waals surface area contributed by atoms with E-state index in [9.17, 15) is 4.79 Å². The molecule has 3 rings (SSSR count). The molecule has 2 aromatic rings. The average Bonchev–Trinajstić information content (AvgIpc) is 2.86. The van der Waals surface area contributed by atoms with Gasteiger partial charge in [-0.2, -0.15) is 5.10 Å². The van der Waals surface area contributed by atoms with Crippen LogP contribution in [0.5, 0.6) is 0 Å². The van der Waals surface area contributed by atoms with E-state index in [0.29, 0.717) is 5.15 Å². The van der Waals surface area contributed by atoms with Crippen LogP contribution in [-0.4, -0.2) is 42.0 Å². The number of amides is 1. The molecule has 6 nitrogen and oxygen atoms in total. The minimum absolute atomic E-state index is 0.210. The molecule has 1 amide bonds. The molecule has 1 aliphatic heterocycles. The highest BCUT2D eigenvalue weighted by atomic mass is 35.5. The molecule has 2 heterocycles. The van der Waals surface area contributed by atoms with Crippen LogP contribution in [0.25, 0.3) is 6.08 Å². The van der Waals surface area contributed by atoms with E-state index >= 15 is 0 Å². The van der Waals surface area contributed by atoms with Crippen molar-refractivity contribution in [1.82, 2.24) is 9.78 Å². The smallest absolute Gasteiger partial charge is 0.248 e. The van der Waals surface area contributed by atoms with Crippen molar-refractivity contribution >= 4 is 35.0 Å². The molecule has 0 saturated carbocycles. The van der Waals surface area contributed by atoms with E-state index in [-0.39, 0.29) is 5.91 Å². The standard InChI is InChI=1S/C18H21ClN4O2/c1-13-16(18(19)22(2)21-13)7-8-17(24)20-14-3-5-15(6-4-14)23-9-11-25-12-10-23/h3-8H,9-12H2,1-2H3,(H,20,24)/b8-7+. The summed E-state index contributed by atoms with van der Waals surface area (Å²) in [5, 5.41) is 7.57. The van der Waals surface area contributed by atoms with Gasteiger partial charge in [0.2, 0.25) is 5.91 Å². The molecule has 1 aromatic carbocycles. The summed E-state index contributed by atoms with van der Waals surface area (Å²) >= 11 is 6.15. The topological polar surface area (TPSA) is 59.4 Å². The first kappa shape index (κ1) is 17.5. The molecule has 0 unspecified atom stereocenters. The Hall–Kier alpha value is -2.31. The fraction of sp³-hybridized carbons (Fsp3) is 0.333. The zero-order valence-electron chi connectivity index (χ0n) is 14.3. The Kier molecular flexibility index (Phi) is 5.40. The average molecular weight is 361 g/mol. The first-order valence-electron chi connectivity index (χ1n) is 8.15. The molecule has 1 aliphatic rings.